The maximum Gasteiger partial charge on any atom is 0.256 e. The number of nitrogens with one attached hydrogen (secondary N) is 1. The zero-order valence-electron chi connectivity index (χ0n) is 14.4. The van der Waals surface area contributed by atoms with Crippen molar-refractivity contribution < 1.29 is 14.3 Å². The Bertz CT molecular complexity index is 458. The van der Waals surface area contributed by atoms with Crippen molar-refractivity contribution in [2.45, 2.75) is 65.6 Å². The third-order valence-electron chi connectivity index (χ3n) is 3.80. The number of benzene rings is 1. The molecule has 4 heteroatoms. The smallest absolute Gasteiger partial charge is 0.256 e. The molecule has 2 unspecified atom stereocenters. The van der Waals surface area contributed by atoms with E-state index in [-0.39, 0.29) is 12.0 Å². The number of ether oxygens (including phenoxy) is 2. The number of hydrogen-bond acceptors (Lipinski definition) is 3. The maximum absolute atomic E-state index is 12.4. The van der Waals surface area contributed by atoms with Crippen molar-refractivity contribution in [3.63, 3.8) is 0 Å². The Balaban J connectivity index is 2.67. The largest absolute Gasteiger partial charge is 0.491 e. The van der Waals surface area contributed by atoms with Crippen LogP contribution < -0.4 is 10.1 Å². The molecule has 2 atom stereocenters. The summed E-state index contributed by atoms with van der Waals surface area (Å²) in [6, 6.07) is 7.45. The molecule has 0 aliphatic carbocycles. The molecule has 0 fully saturated rings. The number of rotatable bonds is 9. The van der Waals surface area contributed by atoms with E-state index >= 15 is 0 Å². The molecule has 0 radical (unpaired) electrons. The zero-order valence-corrected chi connectivity index (χ0v) is 14.4. The van der Waals surface area contributed by atoms with Crippen LogP contribution in [0.4, 0.5) is 5.69 Å². The molecule has 1 rings (SSSR count). The lowest BCUT2D eigenvalue weighted by molar-refractivity contribution is -0.139. The second kappa shape index (κ2) is 8.79. The first-order chi connectivity index (χ1) is 10.4. The molecule has 0 aliphatic rings. The van der Waals surface area contributed by atoms with Crippen LogP contribution in [0.15, 0.2) is 24.3 Å². The summed E-state index contributed by atoms with van der Waals surface area (Å²) >= 11 is 0. The van der Waals surface area contributed by atoms with Crippen molar-refractivity contribution in [3.8, 4) is 5.75 Å². The van der Waals surface area contributed by atoms with E-state index in [9.17, 15) is 4.79 Å². The van der Waals surface area contributed by atoms with Gasteiger partial charge in [-0.05, 0) is 57.4 Å². The number of carbonyl (C=O) groups is 1. The fourth-order valence-electron chi connectivity index (χ4n) is 1.85. The van der Waals surface area contributed by atoms with Crippen molar-refractivity contribution in [3.05, 3.63) is 24.3 Å². The first kappa shape index (κ1) is 18.5. The Morgan fingerprint density at radius 3 is 2.36 bits per heavy atom. The number of carbonyl (C=O) groups excluding carboxylic acids is 1. The number of anilines is 1. The molecule has 0 saturated heterocycles. The highest BCUT2D eigenvalue weighted by Crippen LogP contribution is 2.21. The Hall–Kier alpha value is -1.55. The molecule has 1 N–H and O–H groups in total. The normalized spacial score (nSPS) is 15.0. The molecule has 0 bridgehead atoms. The highest BCUT2D eigenvalue weighted by Gasteiger charge is 2.32. The quantitative estimate of drug-likeness (QED) is 0.735. The predicted molar refractivity (Wildman–Crippen MR) is 90.4 cm³/mol. The lowest BCUT2D eigenvalue weighted by atomic mass is 10.0. The first-order valence-electron chi connectivity index (χ1n) is 8.17. The molecule has 0 saturated carbocycles. The summed E-state index contributed by atoms with van der Waals surface area (Å²) in [5.74, 6) is 0.701. The molecule has 0 aliphatic heterocycles. The van der Waals surface area contributed by atoms with E-state index in [1.165, 1.54) is 0 Å². The maximum atomic E-state index is 12.4. The minimum atomic E-state index is -0.790. The van der Waals surface area contributed by atoms with Crippen LogP contribution in [0.3, 0.4) is 0 Å². The summed E-state index contributed by atoms with van der Waals surface area (Å²) in [6.45, 7) is 10.5. The number of amides is 1. The second-order valence-electron chi connectivity index (χ2n) is 5.75. The Morgan fingerprint density at radius 1 is 1.23 bits per heavy atom. The van der Waals surface area contributed by atoms with E-state index in [0.29, 0.717) is 13.0 Å². The number of hydrogen-bond donors (Lipinski definition) is 1. The second-order valence-corrected chi connectivity index (χ2v) is 5.75. The van der Waals surface area contributed by atoms with Gasteiger partial charge < -0.3 is 14.8 Å². The van der Waals surface area contributed by atoms with Crippen LogP contribution in [0.5, 0.6) is 5.75 Å². The van der Waals surface area contributed by atoms with Gasteiger partial charge in [0.05, 0.1) is 6.10 Å². The molecular weight excluding hydrogens is 278 g/mol. The Labute approximate surface area is 134 Å². The monoisotopic (exact) mass is 307 g/mol. The van der Waals surface area contributed by atoms with E-state index in [4.69, 9.17) is 9.47 Å². The topological polar surface area (TPSA) is 47.6 Å². The van der Waals surface area contributed by atoms with Crippen LogP contribution in [0.1, 0.15) is 53.9 Å². The van der Waals surface area contributed by atoms with E-state index in [2.05, 4.69) is 12.2 Å². The first-order valence-corrected chi connectivity index (χ1v) is 8.17. The van der Waals surface area contributed by atoms with Crippen molar-refractivity contribution in [2.24, 2.45) is 0 Å². The summed E-state index contributed by atoms with van der Waals surface area (Å²) < 4.78 is 11.4. The van der Waals surface area contributed by atoms with E-state index in [0.717, 1.165) is 24.3 Å². The lowest BCUT2D eigenvalue weighted by Gasteiger charge is -2.27. The average molecular weight is 307 g/mol. The van der Waals surface area contributed by atoms with Gasteiger partial charge in [-0.1, -0.05) is 20.8 Å². The van der Waals surface area contributed by atoms with Gasteiger partial charge in [0, 0.05) is 12.3 Å². The molecule has 1 amide bonds. The summed E-state index contributed by atoms with van der Waals surface area (Å²) in [5, 5.41) is 2.92. The molecule has 0 heterocycles. The summed E-state index contributed by atoms with van der Waals surface area (Å²) in [4.78, 5) is 12.4. The predicted octanol–water partition coefficient (Wildman–Crippen LogP) is 4.40. The van der Waals surface area contributed by atoms with Crippen molar-refractivity contribution in [1.29, 1.82) is 0 Å². The van der Waals surface area contributed by atoms with Gasteiger partial charge in [-0.3, -0.25) is 4.79 Å². The molecule has 124 valence electrons. The van der Waals surface area contributed by atoms with Crippen molar-refractivity contribution in [1.82, 2.24) is 0 Å². The van der Waals surface area contributed by atoms with Gasteiger partial charge in [0.1, 0.15) is 11.4 Å². The molecule has 1 aromatic carbocycles. The van der Waals surface area contributed by atoms with Crippen LogP contribution in [0, 0.1) is 0 Å². The van der Waals surface area contributed by atoms with Crippen LogP contribution in [-0.2, 0) is 9.53 Å². The van der Waals surface area contributed by atoms with Crippen molar-refractivity contribution >= 4 is 11.6 Å². The third kappa shape index (κ3) is 5.34. The highest BCUT2D eigenvalue weighted by molar-refractivity contribution is 5.97. The van der Waals surface area contributed by atoms with Crippen LogP contribution >= 0.6 is 0 Å². The van der Waals surface area contributed by atoms with Crippen LogP contribution in [0.2, 0.25) is 0 Å². The van der Waals surface area contributed by atoms with Gasteiger partial charge in [-0.15, -0.1) is 0 Å². The van der Waals surface area contributed by atoms with Crippen molar-refractivity contribution in [2.75, 3.05) is 11.9 Å². The SMILES string of the molecule is CCCOC(C)(CC)C(=O)Nc1ccc(OC(C)CC)cc1. The summed E-state index contributed by atoms with van der Waals surface area (Å²) in [5.41, 5.74) is -0.0386. The molecule has 1 aromatic rings. The standard InChI is InChI=1S/C18H29NO3/c1-6-13-21-18(5,8-3)17(20)19-15-9-11-16(12-10-15)22-14(4)7-2/h9-12,14H,6-8,13H2,1-5H3,(H,19,20). The summed E-state index contributed by atoms with van der Waals surface area (Å²) in [6.07, 6.45) is 2.67. The Kier molecular flexibility index (Phi) is 7.39. The highest BCUT2D eigenvalue weighted by atomic mass is 16.5. The molecular formula is C18H29NO3. The fourth-order valence-corrected chi connectivity index (χ4v) is 1.85. The molecule has 0 aromatic heterocycles. The molecule has 22 heavy (non-hydrogen) atoms. The summed E-state index contributed by atoms with van der Waals surface area (Å²) in [7, 11) is 0. The van der Waals surface area contributed by atoms with E-state index in [1.807, 2.05) is 52.0 Å². The Morgan fingerprint density at radius 2 is 1.86 bits per heavy atom. The van der Waals surface area contributed by atoms with Gasteiger partial charge in [0.15, 0.2) is 0 Å². The average Bonchev–Trinajstić information content (AvgIpc) is 2.54. The minimum Gasteiger partial charge on any atom is -0.491 e. The lowest BCUT2D eigenvalue weighted by Crippen LogP contribution is -2.42. The zero-order chi connectivity index (χ0) is 16.6. The van der Waals surface area contributed by atoms with Gasteiger partial charge in [-0.2, -0.15) is 0 Å². The van der Waals surface area contributed by atoms with Gasteiger partial charge in [0.2, 0.25) is 0 Å². The minimum absolute atomic E-state index is 0.112. The van der Waals surface area contributed by atoms with E-state index in [1.54, 1.807) is 0 Å². The molecule has 4 nitrogen and oxygen atoms in total. The van der Waals surface area contributed by atoms with E-state index < -0.39 is 5.60 Å². The van der Waals surface area contributed by atoms with Gasteiger partial charge in [0.25, 0.3) is 5.91 Å². The van der Waals surface area contributed by atoms with Gasteiger partial charge in [-0.25, -0.2) is 0 Å². The van der Waals surface area contributed by atoms with Crippen LogP contribution in [0.25, 0.3) is 0 Å². The third-order valence-corrected chi connectivity index (χ3v) is 3.80. The molecule has 0 spiro atoms. The van der Waals surface area contributed by atoms with Crippen LogP contribution in [-0.4, -0.2) is 24.2 Å². The fraction of sp³-hybridized carbons (Fsp3) is 0.611. The van der Waals surface area contributed by atoms with Gasteiger partial charge >= 0.3 is 0 Å².